The van der Waals surface area contributed by atoms with Crippen molar-refractivity contribution in [1.82, 2.24) is 9.62 Å². The zero-order valence-electron chi connectivity index (χ0n) is 18.2. The molecule has 2 aromatic carbocycles. The van der Waals surface area contributed by atoms with Crippen LogP contribution in [-0.2, 0) is 28.0 Å². The Bertz CT molecular complexity index is 1210. The van der Waals surface area contributed by atoms with Crippen molar-refractivity contribution in [3.63, 3.8) is 0 Å². The molecule has 1 aliphatic heterocycles. The van der Waals surface area contributed by atoms with Gasteiger partial charge in [0.1, 0.15) is 22.6 Å². The highest BCUT2D eigenvalue weighted by atomic mass is 35.5. The highest BCUT2D eigenvalue weighted by Crippen LogP contribution is 2.32. The number of amides is 1. The predicted molar refractivity (Wildman–Crippen MR) is 130 cm³/mol. The van der Waals surface area contributed by atoms with Gasteiger partial charge in [-0.3, -0.25) is 4.79 Å². The number of carbonyl (C=O) groups excluding carboxylic acids is 1. The van der Waals surface area contributed by atoms with Crippen molar-refractivity contribution in [2.75, 3.05) is 6.54 Å². The summed E-state index contributed by atoms with van der Waals surface area (Å²) in [6, 6.07) is 18.0. The molecule has 174 valence electrons. The number of hydrogen-bond donors (Lipinski definition) is 1. The Balaban J connectivity index is 1.32. The average molecular weight is 505 g/mol. The van der Waals surface area contributed by atoms with E-state index in [1.165, 1.54) is 15.9 Å². The van der Waals surface area contributed by atoms with E-state index in [4.69, 9.17) is 16.3 Å². The molecule has 0 unspecified atom stereocenters. The first-order valence-corrected chi connectivity index (χ1v) is 13.3. The van der Waals surface area contributed by atoms with Crippen LogP contribution in [0.15, 0.2) is 64.9 Å². The second kappa shape index (κ2) is 10.3. The Kier molecular flexibility index (Phi) is 7.38. The molecule has 1 N–H and O–H groups in total. The SMILES string of the molecule is Cc1ccc(OCc2ccc(CNC(=O)[C@@H]3CCCN3S(=O)(=O)c3ccc(Cl)s3)cc2)cc1. The minimum absolute atomic E-state index is 0.163. The molecule has 1 saturated heterocycles. The summed E-state index contributed by atoms with van der Waals surface area (Å²) in [5.74, 6) is 0.531. The van der Waals surface area contributed by atoms with Gasteiger partial charge in [0.15, 0.2) is 0 Å². The third-order valence-corrected chi connectivity index (χ3v) is 9.14. The molecule has 3 aromatic rings. The molecular weight excluding hydrogens is 480 g/mol. The number of carbonyl (C=O) groups is 1. The molecule has 2 heterocycles. The molecule has 0 saturated carbocycles. The van der Waals surface area contributed by atoms with Gasteiger partial charge in [0, 0.05) is 13.1 Å². The zero-order chi connectivity index (χ0) is 23.4. The van der Waals surface area contributed by atoms with Gasteiger partial charge in [0.05, 0.1) is 4.34 Å². The number of rotatable bonds is 8. The van der Waals surface area contributed by atoms with Gasteiger partial charge in [-0.05, 0) is 55.2 Å². The number of ether oxygens (including phenoxy) is 1. The molecule has 0 radical (unpaired) electrons. The van der Waals surface area contributed by atoms with Crippen molar-refractivity contribution in [3.05, 3.63) is 81.7 Å². The molecule has 1 amide bonds. The van der Waals surface area contributed by atoms with E-state index < -0.39 is 16.1 Å². The minimum Gasteiger partial charge on any atom is -0.489 e. The number of hydrogen-bond acceptors (Lipinski definition) is 5. The second-order valence-corrected chi connectivity index (χ2v) is 11.8. The van der Waals surface area contributed by atoms with Crippen LogP contribution in [0, 0.1) is 6.92 Å². The topological polar surface area (TPSA) is 75.7 Å². The lowest BCUT2D eigenvalue weighted by Gasteiger charge is -2.22. The van der Waals surface area contributed by atoms with Gasteiger partial charge in [-0.2, -0.15) is 4.31 Å². The van der Waals surface area contributed by atoms with Crippen molar-refractivity contribution in [1.29, 1.82) is 0 Å². The van der Waals surface area contributed by atoms with Crippen LogP contribution < -0.4 is 10.1 Å². The first-order valence-electron chi connectivity index (χ1n) is 10.6. The van der Waals surface area contributed by atoms with E-state index in [-0.39, 0.29) is 10.1 Å². The van der Waals surface area contributed by atoms with E-state index in [2.05, 4.69) is 5.32 Å². The van der Waals surface area contributed by atoms with Crippen LogP contribution in [-0.4, -0.2) is 31.2 Å². The summed E-state index contributed by atoms with van der Waals surface area (Å²) in [6.07, 6.45) is 1.14. The highest BCUT2D eigenvalue weighted by molar-refractivity contribution is 7.91. The molecule has 0 bridgehead atoms. The standard InChI is InChI=1S/C24H25ClN2O4S2/c1-17-4-10-20(11-5-17)31-16-19-8-6-18(7-9-19)15-26-24(28)21-3-2-14-27(21)33(29,30)23-13-12-22(25)32-23/h4-13,21H,2-3,14-16H2,1H3,(H,26,28)/t21-/m0/s1. The summed E-state index contributed by atoms with van der Waals surface area (Å²) >= 11 is 6.91. The van der Waals surface area contributed by atoms with Gasteiger partial charge >= 0.3 is 0 Å². The van der Waals surface area contributed by atoms with Crippen LogP contribution in [0.1, 0.15) is 29.5 Å². The first kappa shape index (κ1) is 23.8. The molecule has 1 atom stereocenters. The Labute approximate surface area is 203 Å². The Morgan fingerprint density at radius 2 is 1.79 bits per heavy atom. The Morgan fingerprint density at radius 3 is 2.45 bits per heavy atom. The zero-order valence-corrected chi connectivity index (χ0v) is 20.5. The van der Waals surface area contributed by atoms with Crippen molar-refractivity contribution in [2.24, 2.45) is 0 Å². The number of aryl methyl sites for hydroxylation is 1. The van der Waals surface area contributed by atoms with Gasteiger partial charge in [0.2, 0.25) is 5.91 Å². The molecular formula is C24H25ClN2O4S2. The van der Waals surface area contributed by atoms with E-state index in [9.17, 15) is 13.2 Å². The summed E-state index contributed by atoms with van der Waals surface area (Å²) in [4.78, 5) is 12.8. The lowest BCUT2D eigenvalue weighted by molar-refractivity contribution is -0.124. The van der Waals surface area contributed by atoms with Crippen molar-refractivity contribution in [2.45, 2.75) is 43.2 Å². The molecule has 1 aliphatic rings. The van der Waals surface area contributed by atoms with Crippen LogP contribution in [0.4, 0.5) is 0 Å². The lowest BCUT2D eigenvalue weighted by Crippen LogP contribution is -2.45. The fourth-order valence-corrected chi connectivity index (χ4v) is 6.97. The van der Waals surface area contributed by atoms with E-state index in [0.29, 0.717) is 36.9 Å². The maximum absolute atomic E-state index is 12.9. The maximum atomic E-state index is 12.9. The molecule has 1 fully saturated rings. The second-order valence-electron chi connectivity index (χ2n) is 7.97. The Morgan fingerprint density at radius 1 is 1.09 bits per heavy atom. The fourth-order valence-electron chi connectivity index (χ4n) is 3.70. The highest BCUT2D eigenvalue weighted by Gasteiger charge is 2.39. The van der Waals surface area contributed by atoms with Crippen LogP contribution in [0.2, 0.25) is 4.34 Å². The summed E-state index contributed by atoms with van der Waals surface area (Å²) in [7, 11) is -3.74. The molecule has 9 heteroatoms. The van der Waals surface area contributed by atoms with Gasteiger partial charge in [-0.1, -0.05) is 53.6 Å². The minimum atomic E-state index is -3.74. The van der Waals surface area contributed by atoms with Gasteiger partial charge in [-0.25, -0.2) is 8.42 Å². The van der Waals surface area contributed by atoms with Crippen LogP contribution >= 0.6 is 22.9 Å². The fraction of sp³-hybridized carbons (Fsp3) is 0.292. The van der Waals surface area contributed by atoms with Gasteiger partial charge in [0.25, 0.3) is 10.0 Å². The van der Waals surface area contributed by atoms with E-state index in [1.807, 2.05) is 55.5 Å². The summed E-state index contributed by atoms with van der Waals surface area (Å²) < 4.78 is 33.5. The van der Waals surface area contributed by atoms with Crippen molar-refractivity contribution in [3.8, 4) is 5.75 Å². The average Bonchev–Trinajstić information content (AvgIpc) is 3.48. The lowest BCUT2D eigenvalue weighted by atomic mass is 10.1. The molecule has 4 rings (SSSR count). The quantitative estimate of drug-likeness (QED) is 0.480. The maximum Gasteiger partial charge on any atom is 0.253 e. The Hall–Kier alpha value is -2.39. The molecule has 33 heavy (non-hydrogen) atoms. The van der Waals surface area contributed by atoms with Gasteiger partial charge in [-0.15, -0.1) is 11.3 Å². The molecule has 0 aliphatic carbocycles. The number of sulfonamides is 1. The number of halogens is 1. The normalized spacial score (nSPS) is 16.6. The predicted octanol–water partition coefficient (Wildman–Crippen LogP) is 4.76. The number of benzene rings is 2. The largest absolute Gasteiger partial charge is 0.489 e. The number of thiophene rings is 1. The van der Waals surface area contributed by atoms with E-state index >= 15 is 0 Å². The molecule has 1 aromatic heterocycles. The van der Waals surface area contributed by atoms with Crippen LogP contribution in [0.5, 0.6) is 5.75 Å². The third kappa shape index (κ3) is 5.76. The summed E-state index contributed by atoms with van der Waals surface area (Å²) in [5.41, 5.74) is 3.14. The summed E-state index contributed by atoms with van der Waals surface area (Å²) in [6.45, 7) is 3.14. The molecule has 6 nitrogen and oxygen atoms in total. The van der Waals surface area contributed by atoms with E-state index in [1.54, 1.807) is 6.07 Å². The van der Waals surface area contributed by atoms with Crippen molar-refractivity contribution >= 4 is 38.9 Å². The first-order chi connectivity index (χ1) is 15.8. The third-order valence-electron chi connectivity index (χ3n) is 5.53. The van der Waals surface area contributed by atoms with Crippen LogP contribution in [0.3, 0.4) is 0 Å². The van der Waals surface area contributed by atoms with Gasteiger partial charge < -0.3 is 10.1 Å². The monoisotopic (exact) mass is 504 g/mol. The van der Waals surface area contributed by atoms with Crippen LogP contribution in [0.25, 0.3) is 0 Å². The number of nitrogens with zero attached hydrogens (tertiary/aromatic N) is 1. The molecule has 0 spiro atoms. The van der Waals surface area contributed by atoms with E-state index in [0.717, 1.165) is 28.2 Å². The van der Waals surface area contributed by atoms with Crippen molar-refractivity contribution < 1.29 is 17.9 Å². The number of nitrogens with one attached hydrogen (secondary N) is 1. The summed E-state index contributed by atoms with van der Waals surface area (Å²) in [5, 5.41) is 2.88. The smallest absolute Gasteiger partial charge is 0.253 e.